The van der Waals surface area contributed by atoms with Crippen LogP contribution in [-0.2, 0) is 6.54 Å². The van der Waals surface area contributed by atoms with Gasteiger partial charge in [0.25, 0.3) is 5.69 Å². The third-order valence-electron chi connectivity index (χ3n) is 4.20. The van der Waals surface area contributed by atoms with Crippen molar-refractivity contribution in [3.05, 3.63) is 64.2 Å². The molecule has 5 nitrogen and oxygen atoms in total. The van der Waals surface area contributed by atoms with Crippen molar-refractivity contribution in [2.45, 2.75) is 19.5 Å². The molecule has 1 atom stereocenters. The molecular formula is C17H19N3O2. The number of rotatable bonds is 2. The Labute approximate surface area is 129 Å². The Bertz CT molecular complexity index is 702. The van der Waals surface area contributed by atoms with Crippen molar-refractivity contribution >= 4 is 17.1 Å². The first-order chi connectivity index (χ1) is 10.6. The first-order valence-corrected chi connectivity index (χ1v) is 7.37. The molecule has 0 saturated carbocycles. The smallest absolute Gasteiger partial charge is 0.292 e. The summed E-state index contributed by atoms with van der Waals surface area (Å²) in [4.78, 5) is 15.4. The lowest BCUT2D eigenvalue weighted by atomic mass is 10.1. The second-order valence-electron chi connectivity index (χ2n) is 5.73. The van der Waals surface area contributed by atoms with Gasteiger partial charge in [0.1, 0.15) is 5.69 Å². The van der Waals surface area contributed by atoms with Gasteiger partial charge >= 0.3 is 0 Å². The topological polar surface area (TPSA) is 49.6 Å². The van der Waals surface area contributed by atoms with Crippen LogP contribution >= 0.6 is 0 Å². The minimum atomic E-state index is -0.303. The number of para-hydroxylation sites is 3. The van der Waals surface area contributed by atoms with Crippen LogP contribution in [0, 0.1) is 10.1 Å². The lowest BCUT2D eigenvalue weighted by Gasteiger charge is -2.30. The summed E-state index contributed by atoms with van der Waals surface area (Å²) < 4.78 is 0. The van der Waals surface area contributed by atoms with E-state index < -0.39 is 0 Å². The summed E-state index contributed by atoms with van der Waals surface area (Å²) in [5.41, 5.74) is 3.23. The van der Waals surface area contributed by atoms with E-state index in [4.69, 9.17) is 0 Å². The molecule has 0 radical (unpaired) electrons. The Morgan fingerprint density at radius 1 is 1.09 bits per heavy atom. The fourth-order valence-corrected chi connectivity index (χ4v) is 3.13. The summed E-state index contributed by atoms with van der Waals surface area (Å²) in [6.45, 7) is 3.61. The van der Waals surface area contributed by atoms with E-state index in [-0.39, 0.29) is 16.7 Å². The van der Waals surface area contributed by atoms with Crippen molar-refractivity contribution in [2.75, 3.05) is 23.4 Å². The van der Waals surface area contributed by atoms with Crippen molar-refractivity contribution in [3.8, 4) is 0 Å². The monoisotopic (exact) mass is 297 g/mol. The maximum absolute atomic E-state index is 11.3. The molecule has 1 heterocycles. The van der Waals surface area contributed by atoms with Crippen molar-refractivity contribution in [1.29, 1.82) is 0 Å². The van der Waals surface area contributed by atoms with Crippen LogP contribution < -0.4 is 9.80 Å². The van der Waals surface area contributed by atoms with E-state index in [1.807, 2.05) is 24.3 Å². The van der Waals surface area contributed by atoms with Crippen molar-refractivity contribution < 1.29 is 4.92 Å². The third-order valence-corrected chi connectivity index (χ3v) is 4.20. The van der Waals surface area contributed by atoms with Crippen LogP contribution in [-0.4, -0.2) is 24.6 Å². The number of anilines is 2. The highest BCUT2D eigenvalue weighted by atomic mass is 16.6. The van der Waals surface area contributed by atoms with E-state index in [1.165, 1.54) is 11.3 Å². The Morgan fingerprint density at radius 2 is 1.73 bits per heavy atom. The number of nitrogens with zero attached hydrogens (tertiary/aromatic N) is 3. The van der Waals surface area contributed by atoms with E-state index in [1.54, 1.807) is 12.1 Å². The highest BCUT2D eigenvalue weighted by molar-refractivity contribution is 5.66. The normalized spacial score (nSPS) is 17.8. The number of nitro benzene ring substituents is 1. The van der Waals surface area contributed by atoms with Crippen molar-refractivity contribution in [1.82, 2.24) is 0 Å². The molecular weight excluding hydrogens is 278 g/mol. The van der Waals surface area contributed by atoms with Crippen LogP contribution in [0.2, 0.25) is 0 Å². The number of fused-ring (bicyclic) bond motifs is 1. The molecule has 0 bridgehead atoms. The summed E-state index contributed by atoms with van der Waals surface area (Å²) in [6.07, 6.45) is 0. The second-order valence-corrected chi connectivity index (χ2v) is 5.73. The van der Waals surface area contributed by atoms with E-state index in [0.717, 1.165) is 6.54 Å². The lowest BCUT2D eigenvalue weighted by molar-refractivity contribution is -0.384. The average Bonchev–Trinajstić information content (AvgIpc) is 2.64. The molecule has 1 unspecified atom stereocenters. The van der Waals surface area contributed by atoms with Crippen molar-refractivity contribution in [3.63, 3.8) is 0 Å². The highest BCUT2D eigenvalue weighted by Gasteiger charge is 2.27. The maximum atomic E-state index is 11.3. The Morgan fingerprint density at radius 3 is 2.45 bits per heavy atom. The fourth-order valence-electron chi connectivity index (χ4n) is 3.13. The number of hydrogen-bond acceptors (Lipinski definition) is 4. The van der Waals surface area contributed by atoms with Gasteiger partial charge in [-0.25, -0.2) is 0 Å². The first kappa shape index (κ1) is 14.4. The molecule has 0 aliphatic carbocycles. The van der Waals surface area contributed by atoms with Crippen LogP contribution in [0.1, 0.15) is 12.5 Å². The van der Waals surface area contributed by atoms with Gasteiger partial charge in [-0.1, -0.05) is 30.3 Å². The molecule has 0 amide bonds. The molecule has 5 heteroatoms. The molecule has 3 rings (SSSR count). The van der Waals surface area contributed by atoms with Gasteiger partial charge in [-0.2, -0.15) is 0 Å². The van der Waals surface area contributed by atoms with Gasteiger partial charge in [0.2, 0.25) is 0 Å². The van der Waals surface area contributed by atoms with E-state index in [0.29, 0.717) is 12.2 Å². The van der Waals surface area contributed by atoms with Crippen LogP contribution in [0.3, 0.4) is 0 Å². The molecule has 1 aliphatic rings. The molecule has 0 fully saturated rings. The maximum Gasteiger partial charge on any atom is 0.292 e. The van der Waals surface area contributed by atoms with Crippen LogP contribution in [0.5, 0.6) is 0 Å². The number of likely N-dealkylation sites (N-methyl/N-ethyl adjacent to an activating group) is 1. The minimum Gasteiger partial charge on any atom is -0.372 e. The van der Waals surface area contributed by atoms with Crippen LogP contribution in [0.15, 0.2) is 48.5 Å². The predicted octanol–water partition coefficient (Wildman–Crippen LogP) is 3.44. The van der Waals surface area contributed by atoms with Gasteiger partial charge in [0.05, 0.1) is 4.92 Å². The number of nitro groups is 1. The van der Waals surface area contributed by atoms with Crippen LogP contribution in [0.25, 0.3) is 0 Å². The van der Waals surface area contributed by atoms with Gasteiger partial charge in [0.15, 0.2) is 0 Å². The van der Waals surface area contributed by atoms with Crippen LogP contribution in [0.4, 0.5) is 17.1 Å². The molecule has 2 aromatic rings. The Kier molecular flexibility index (Phi) is 3.71. The zero-order chi connectivity index (χ0) is 15.7. The molecule has 0 spiro atoms. The Hall–Kier alpha value is -2.56. The zero-order valence-electron chi connectivity index (χ0n) is 12.8. The van der Waals surface area contributed by atoms with Gasteiger partial charge < -0.3 is 9.80 Å². The minimum absolute atomic E-state index is 0.163. The molecule has 2 aromatic carbocycles. The van der Waals surface area contributed by atoms with Gasteiger partial charge in [-0.05, 0) is 24.6 Å². The average molecular weight is 297 g/mol. The molecule has 114 valence electrons. The summed E-state index contributed by atoms with van der Waals surface area (Å²) in [6, 6.07) is 15.4. The summed E-state index contributed by atoms with van der Waals surface area (Å²) in [5, 5.41) is 11.3. The standard InChI is InChI=1S/C17H19N3O2/c1-13-11-18(2)15-8-4-3-7-14(15)12-19(13)16-9-5-6-10-17(16)20(21)22/h3-10,13H,11-12H2,1-2H3. The fraction of sp³-hybridized carbons (Fsp3) is 0.294. The summed E-state index contributed by atoms with van der Waals surface area (Å²) in [5.74, 6) is 0. The van der Waals surface area contributed by atoms with Gasteiger partial charge in [-0.15, -0.1) is 0 Å². The molecule has 22 heavy (non-hydrogen) atoms. The zero-order valence-corrected chi connectivity index (χ0v) is 12.8. The van der Waals surface area contributed by atoms with E-state index >= 15 is 0 Å². The quantitative estimate of drug-likeness (QED) is 0.629. The Balaban J connectivity index is 2.06. The third kappa shape index (κ3) is 2.50. The number of benzene rings is 2. The molecule has 0 aromatic heterocycles. The van der Waals surface area contributed by atoms with Crippen molar-refractivity contribution in [2.24, 2.45) is 0 Å². The molecule has 0 N–H and O–H groups in total. The van der Waals surface area contributed by atoms with Gasteiger partial charge in [-0.3, -0.25) is 10.1 Å². The summed E-state index contributed by atoms with van der Waals surface area (Å²) >= 11 is 0. The second kappa shape index (κ2) is 5.67. The largest absolute Gasteiger partial charge is 0.372 e. The SMILES string of the molecule is CC1CN(C)c2ccccc2CN1c1ccccc1[N+](=O)[O-]. The molecule has 0 saturated heterocycles. The molecule has 1 aliphatic heterocycles. The van der Waals surface area contributed by atoms with E-state index in [9.17, 15) is 10.1 Å². The summed E-state index contributed by atoms with van der Waals surface area (Å²) in [7, 11) is 2.07. The number of hydrogen-bond donors (Lipinski definition) is 0. The van der Waals surface area contributed by atoms with Gasteiger partial charge in [0, 0.05) is 37.9 Å². The first-order valence-electron chi connectivity index (χ1n) is 7.37. The predicted molar refractivity (Wildman–Crippen MR) is 88.5 cm³/mol. The highest BCUT2D eigenvalue weighted by Crippen LogP contribution is 2.34. The van der Waals surface area contributed by atoms with E-state index in [2.05, 4.69) is 35.9 Å². The lowest BCUT2D eigenvalue weighted by Crippen LogP contribution is -2.38.